The topological polar surface area (TPSA) is 24.9 Å². The van der Waals surface area contributed by atoms with Crippen LogP contribution in [-0.2, 0) is 5.41 Å². The molecule has 0 aromatic carbocycles. The molecule has 0 amide bonds. The van der Waals surface area contributed by atoms with Gasteiger partial charge in [0.05, 0.1) is 10.7 Å². The lowest BCUT2D eigenvalue weighted by atomic mass is 9.98. The van der Waals surface area contributed by atoms with Crippen molar-refractivity contribution in [2.24, 2.45) is 0 Å². The van der Waals surface area contributed by atoms with Crippen LogP contribution in [0.4, 0.5) is 13.2 Å². The highest BCUT2D eigenvalue weighted by Crippen LogP contribution is 2.50. The first-order chi connectivity index (χ1) is 8.96. The van der Waals surface area contributed by atoms with Crippen LogP contribution in [-0.4, -0.2) is 16.7 Å². The Morgan fingerprint density at radius 3 is 2.15 bits per heavy atom. The van der Waals surface area contributed by atoms with Crippen molar-refractivity contribution in [3.8, 4) is 0 Å². The maximum Gasteiger partial charge on any atom is 0.406 e. The zero-order chi connectivity index (χ0) is 15.3. The van der Waals surface area contributed by atoms with Crippen molar-refractivity contribution in [1.82, 2.24) is 10.3 Å². The van der Waals surface area contributed by atoms with E-state index in [0.29, 0.717) is 0 Å². The summed E-state index contributed by atoms with van der Waals surface area (Å²) in [6.07, 6.45) is -3.83. The first-order valence-corrected chi connectivity index (χ1v) is 7.60. The van der Waals surface area contributed by atoms with Crippen LogP contribution in [0, 0.1) is 6.92 Å². The summed E-state index contributed by atoms with van der Waals surface area (Å²) < 4.78 is 39.0. The Balaban J connectivity index is 2.19. The molecule has 6 heteroatoms. The Hall–Kier alpha value is -0.620. The maximum atomic E-state index is 13.0. The van der Waals surface area contributed by atoms with Crippen LogP contribution >= 0.6 is 11.3 Å². The smallest absolute Gasteiger partial charge is 0.296 e. The van der Waals surface area contributed by atoms with E-state index in [4.69, 9.17) is 0 Å². The van der Waals surface area contributed by atoms with E-state index in [-0.39, 0.29) is 24.3 Å². The maximum absolute atomic E-state index is 13.0. The largest absolute Gasteiger partial charge is 0.406 e. The highest BCUT2D eigenvalue weighted by atomic mass is 32.1. The predicted molar refractivity (Wildman–Crippen MR) is 75.1 cm³/mol. The van der Waals surface area contributed by atoms with Crippen LogP contribution in [0.1, 0.15) is 62.2 Å². The first-order valence-electron chi connectivity index (χ1n) is 6.78. The molecule has 1 aliphatic carbocycles. The number of nitrogens with one attached hydrogen (secondary N) is 1. The summed E-state index contributed by atoms with van der Waals surface area (Å²) in [6.45, 7) is 9.84. The van der Waals surface area contributed by atoms with Crippen LogP contribution in [0.25, 0.3) is 0 Å². The van der Waals surface area contributed by atoms with Crippen molar-refractivity contribution in [1.29, 1.82) is 0 Å². The van der Waals surface area contributed by atoms with Crippen LogP contribution < -0.4 is 5.32 Å². The summed E-state index contributed by atoms with van der Waals surface area (Å²) in [7, 11) is 0. The molecule has 1 saturated carbocycles. The third kappa shape index (κ3) is 2.86. The Kier molecular flexibility index (Phi) is 3.70. The number of thiazole rings is 1. The first kappa shape index (κ1) is 15.8. The van der Waals surface area contributed by atoms with E-state index in [0.717, 1.165) is 15.6 Å². The third-order valence-electron chi connectivity index (χ3n) is 3.65. The number of aryl methyl sites for hydroxylation is 1. The van der Waals surface area contributed by atoms with Gasteiger partial charge in [-0.1, -0.05) is 20.8 Å². The molecule has 20 heavy (non-hydrogen) atoms. The lowest BCUT2D eigenvalue weighted by Crippen LogP contribution is -2.45. The summed E-state index contributed by atoms with van der Waals surface area (Å²) in [5.74, 6) is 0. The number of rotatable bonds is 3. The van der Waals surface area contributed by atoms with Gasteiger partial charge in [-0.2, -0.15) is 13.2 Å². The van der Waals surface area contributed by atoms with Crippen molar-refractivity contribution >= 4 is 11.3 Å². The summed E-state index contributed by atoms with van der Waals surface area (Å²) >= 11 is 1.51. The van der Waals surface area contributed by atoms with Crippen LogP contribution in [0.3, 0.4) is 0 Å². The predicted octanol–water partition coefficient (Wildman–Crippen LogP) is 4.49. The monoisotopic (exact) mass is 306 g/mol. The standard InChI is InChI=1S/C14H21F3N2S/c1-8-10(20-11(18-8)12(3,4)5)9(2)19-13(6-7-13)14(15,16)17/h9,19H,6-7H2,1-5H3. The molecule has 1 atom stereocenters. The molecule has 0 aliphatic heterocycles. The second-order valence-corrected chi connectivity index (χ2v) is 7.70. The molecule has 1 aromatic heterocycles. The summed E-state index contributed by atoms with van der Waals surface area (Å²) in [5, 5.41) is 3.74. The molecule has 0 saturated heterocycles. The van der Waals surface area contributed by atoms with Crippen molar-refractivity contribution in [2.75, 3.05) is 0 Å². The molecule has 2 nitrogen and oxygen atoms in total. The van der Waals surface area contributed by atoms with Crippen LogP contribution in [0.5, 0.6) is 0 Å². The van der Waals surface area contributed by atoms with Gasteiger partial charge in [0.15, 0.2) is 0 Å². The van der Waals surface area contributed by atoms with E-state index >= 15 is 0 Å². The van der Waals surface area contributed by atoms with E-state index < -0.39 is 11.7 Å². The highest BCUT2D eigenvalue weighted by Gasteiger charge is 2.63. The van der Waals surface area contributed by atoms with E-state index in [1.807, 2.05) is 6.92 Å². The molecule has 1 aromatic rings. The van der Waals surface area contributed by atoms with Gasteiger partial charge < -0.3 is 0 Å². The van der Waals surface area contributed by atoms with Gasteiger partial charge in [0.1, 0.15) is 5.54 Å². The molecular formula is C14H21F3N2S. The van der Waals surface area contributed by atoms with Gasteiger partial charge in [0.2, 0.25) is 0 Å². The Morgan fingerprint density at radius 1 is 1.25 bits per heavy atom. The lowest BCUT2D eigenvalue weighted by Gasteiger charge is -2.25. The molecule has 1 heterocycles. The molecule has 114 valence electrons. The number of alkyl halides is 3. The van der Waals surface area contributed by atoms with Gasteiger partial charge >= 0.3 is 6.18 Å². The minimum absolute atomic E-state index is 0.0747. The van der Waals surface area contributed by atoms with Gasteiger partial charge in [-0.15, -0.1) is 11.3 Å². The lowest BCUT2D eigenvalue weighted by molar-refractivity contribution is -0.167. The van der Waals surface area contributed by atoms with Crippen molar-refractivity contribution in [2.45, 2.75) is 70.6 Å². The molecular weight excluding hydrogens is 285 g/mol. The number of nitrogens with zero attached hydrogens (tertiary/aromatic N) is 1. The summed E-state index contributed by atoms with van der Waals surface area (Å²) in [4.78, 5) is 5.42. The van der Waals surface area contributed by atoms with Crippen LogP contribution in [0.2, 0.25) is 0 Å². The molecule has 1 fully saturated rings. The van der Waals surface area contributed by atoms with Crippen molar-refractivity contribution in [3.05, 3.63) is 15.6 Å². The van der Waals surface area contributed by atoms with E-state index in [2.05, 4.69) is 31.1 Å². The Bertz CT molecular complexity index is 495. The average Bonchev–Trinajstić information content (AvgIpc) is 2.92. The minimum Gasteiger partial charge on any atom is -0.296 e. The minimum atomic E-state index is -4.17. The van der Waals surface area contributed by atoms with Crippen molar-refractivity contribution in [3.63, 3.8) is 0 Å². The quantitative estimate of drug-likeness (QED) is 0.889. The Labute approximate surface area is 121 Å². The molecule has 2 rings (SSSR count). The number of hydrogen-bond donors (Lipinski definition) is 1. The normalized spacial score (nSPS) is 20.0. The second kappa shape index (κ2) is 4.70. The van der Waals surface area contributed by atoms with Crippen LogP contribution in [0.15, 0.2) is 0 Å². The zero-order valence-electron chi connectivity index (χ0n) is 12.5. The van der Waals surface area contributed by atoms with Gasteiger partial charge in [0, 0.05) is 16.3 Å². The molecule has 0 radical (unpaired) electrons. The molecule has 1 N–H and O–H groups in total. The molecule has 1 unspecified atom stereocenters. The third-order valence-corrected chi connectivity index (χ3v) is 5.42. The SMILES string of the molecule is Cc1nc(C(C)(C)C)sc1C(C)NC1(C(F)(F)F)CC1. The average molecular weight is 306 g/mol. The number of hydrogen-bond acceptors (Lipinski definition) is 3. The fourth-order valence-corrected chi connectivity index (χ4v) is 3.37. The number of halogens is 3. The zero-order valence-corrected chi connectivity index (χ0v) is 13.3. The van der Waals surface area contributed by atoms with E-state index in [9.17, 15) is 13.2 Å². The fraction of sp³-hybridized carbons (Fsp3) is 0.786. The number of aromatic nitrogens is 1. The van der Waals surface area contributed by atoms with Crippen molar-refractivity contribution < 1.29 is 13.2 Å². The van der Waals surface area contributed by atoms with Gasteiger partial charge in [-0.25, -0.2) is 4.98 Å². The molecule has 1 aliphatic rings. The fourth-order valence-electron chi connectivity index (χ4n) is 2.25. The highest BCUT2D eigenvalue weighted by molar-refractivity contribution is 7.12. The van der Waals surface area contributed by atoms with E-state index in [1.165, 1.54) is 11.3 Å². The summed E-state index contributed by atoms with van der Waals surface area (Å²) in [5.41, 5.74) is -0.919. The second-order valence-electron chi connectivity index (χ2n) is 6.66. The molecule has 0 spiro atoms. The molecule has 0 bridgehead atoms. The Morgan fingerprint density at radius 2 is 1.80 bits per heavy atom. The summed E-state index contributed by atoms with van der Waals surface area (Å²) in [6, 6.07) is -0.326. The van der Waals surface area contributed by atoms with Gasteiger partial charge in [0.25, 0.3) is 0 Å². The van der Waals surface area contributed by atoms with Gasteiger partial charge in [-0.3, -0.25) is 5.32 Å². The van der Waals surface area contributed by atoms with Gasteiger partial charge in [-0.05, 0) is 26.7 Å². The van der Waals surface area contributed by atoms with E-state index in [1.54, 1.807) is 6.92 Å².